The number of fused-ring (bicyclic) bond motifs is 3. The fourth-order valence-corrected chi connectivity index (χ4v) is 4.28. The van der Waals surface area contributed by atoms with Crippen molar-refractivity contribution in [1.29, 1.82) is 0 Å². The standard InChI is InChI=1S/C21H22BrN3O2/c1-13-9-15(7-8-18(13)22)23-21(27)24-11-19-17-6-4-3-5-16(17)14(2)10-25(19)20(26)12-24/h3-9,14,19H,10-12H2,1-2H3,(H,23,27). The molecule has 2 aliphatic rings. The summed E-state index contributed by atoms with van der Waals surface area (Å²) in [6.45, 7) is 5.46. The summed E-state index contributed by atoms with van der Waals surface area (Å²) in [5.74, 6) is 0.322. The second-order valence-electron chi connectivity index (χ2n) is 7.37. The summed E-state index contributed by atoms with van der Waals surface area (Å²) in [4.78, 5) is 29.1. The molecule has 1 fully saturated rings. The van der Waals surface area contributed by atoms with Crippen LogP contribution in [0.15, 0.2) is 46.9 Å². The van der Waals surface area contributed by atoms with Crippen molar-refractivity contribution < 1.29 is 9.59 Å². The Kier molecular flexibility index (Phi) is 4.68. The highest BCUT2D eigenvalue weighted by atomic mass is 79.9. The Labute approximate surface area is 167 Å². The lowest BCUT2D eigenvalue weighted by Gasteiger charge is -2.46. The summed E-state index contributed by atoms with van der Waals surface area (Å²) in [6, 6.07) is 13.6. The van der Waals surface area contributed by atoms with Crippen LogP contribution in [0.4, 0.5) is 10.5 Å². The molecule has 2 aliphatic heterocycles. The molecule has 1 saturated heterocycles. The van der Waals surface area contributed by atoms with Crippen molar-refractivity contribution in [3.05, 3.63) is 63.6 Å². The molecule has 5 nitrogen and oxygen atoms in total. The van der Waals surface area contributed by atoms with Crippen molar-refractivity contribution in [2.24, 2.45) is 0 Å². The average Bonchev–Trinajstić information content (AvgIpc) is 2.65. The predicted octanol–water partition coefficient (Wildman–Crippen LogP) is 4.29. The van der Waals surface area contributed by atoms with Gasteiger partial charge in [0, 0.05) is 23.2 Å². The molecule has 2 heterocycles. The number of urea groups is 1. The maximum Gasteiger partial charge on any atom is 0.322 e. The molecular weight excluding hydrogens is 406 g/mol. The Bertz CT molecular complexity index is 914. The number of benzene rings is 2. The number of carbonyl (C=O) groups is 2. The van der Waals surface area contributed by atoms with Gasteiger partial charge in [-0.1, -0.05) is 47.1 Å². The van der Waals surface area contributed by atoms with E-state index in [0.717, 1.165) is 21.3 Å². The van der Waals surface area contributed by atoms with Crippen LogP contribution in [0.25, 0.3) is 0 Å². The summed E-state index contributed by atoms with van der Waals surface area (Å²) in [5, 5.41) is 2.92. The molecule has 4 rings (SSSR count). The summed E-state index contributed by atoms with van der Waals surface area (Å²) >= 11 is 3.47. The van der Waals surface area contributed by atoms with Crippen LogP contribution in [0.2, 0.25) is 0 Å². The van der Waals surface area contributed by atoms with E-state index in [1.807, 2.05) is 42.2 Å². The number of hydrogen-bond acceptors (Lipinski definition) is 2. The molecule has 2 unspecified atom stereocenters. The Hall–Kier alpha value is -2.34. The van der Waals surface area contributed by atoms with Crippen molar-refractivity contribution >= 4 is 33.6 Å². The number of amides is 3. The zero-order valence-corrected chi connectivity index (χ0v) is 17.0. The van der Waals surface area contributed by atoms with Crippen LogP contribution in [0.1, 0.15) is 35.6 Å². The smallest absolute Gasteiger partial charge is 0.322 e. The number of rotatable bonds is 1. The highest BCUT2D eigenvalue weighted by Crippen LogP contribution is 2.38. The number of aryl methyl sites for hydroxylation is 1. The van der Waals surface area contributed by atoms with Crippen molar-refractivity contribution in [1.82, 2.24) is 9.80 Å². The van der Waals surface area contributed by atoms with Gasteiger partial charge < -0.3 is 15.1 Å². The quantitative estimate of drug-likeness (QED) is 0.737. The number of hydrogen-bond donors (Lipinski definition) is 1. The summed E-state index contributed by atoms with van der Waals surface area (Å²) in [7, 11) is 0. The van der Waals surface area contributed by atoms with E-state index in [1.54, 1.807) is 4.90 Å². The summed E-state index contributed by atoms with van der Waals surface area (Å²) in [5.41, 5.74) is 4.20. The number of nitrogens with zero attached hydrogens (tertiary/aromatic N) is 2. The number of piperazine rings is 1. The van der Waals surface area contributed by atoms with Crippen LogP contribution in [0.5, 0.6) is 0 Å². The van der Waals surface area contributed by atoms with E-state index in [2.05, 4.69) is 40.3 Å². The molecule has 27 heavy (non-hydrogen) atoms. The van der Waals surface area contributed by atoms with Crippen LogP contribution < -0.4 is 5.32 Å². The Balaban J connectivity index is 1.56. The van der Waals surface area contributed by atoms with Crippen molar-refractivity contribution in [2.75, 3.05) is 25.0 Å². The van der Waals surface area contributed by atoms with E-state index < -0.39 is 0 Å². The van der Waals surface area contributed by atoms with Gasteiger partial charge in [0.2, 0.25) is 5.91 Å². The molecule has 0 radical (unpaired) electrons. The molecule has 2 aromatic carbocycles. The van der Waals surface area contributed by atoms with E-state index in [0.29, 0.717) is 19.0 Å². The number of nitrogens with one attached hydrogen (secondary N) is 1. The fourth-order valence-electron chi connectivity index (χ4n) is 4.03. The lowest BCUT2D eigenvalue weighted by atomic mass is 9.85. The highest BCUT2D eigenvalue weighted by molar-refractivity contribution is 9.10. The molecule has 2 aromatic rings. The normalized spacial score (nSPS) is 21.5. The third kappa shape index (κ3) is 3.34. The first-order valence-electron chi connectivity index (χ1n) is 9.14. The maximum absolute atomic E-state index is 12.8. The van der Waals surface area contributed by atoms with Gasteiger partial charge in [0.15, 0.2) is 0 Å². The van der Waals surface area contributed by atoms with E-state index in [4.69, 9.17) is 0 Å². The van der Waals surface area contributed by atoms with Gasteiger partial charge in [-0.3, -0.25) is 4.79 Å². The van der Waals surface area contributed by atoms with Gasteiger partial charge in [-0.05, 0) is 47.7 Å². The van der Waals surface area contributed by atoms with Crippen LogP contribution >= 0.6 is 15.9 Å². The molecule has 0 saturated carbocycles. The minimum atomic E-state index is -0.235. The summed E-state index contributed by atoms with van der Waals surface area (Å²) in [6.07, 6.45) is 0. The largest absolute Gasteiger partial charge is 0.332 e. The molecule has 0 bridgehead atoms. The molecule has 0 aromatic heterocycles. The second-order valence-corrected chi connectivity index (χ2v) is 8.22. The van der Waals surface area contributed by atoms with E-state index >= 15 is 0 Å². The Morgan fingerprint density at radius 1 is 1.15 bits per heavy atom. The van der Waals surface area contributed by atoms with Gasteiger partial charge in [0.05, 0.1) is 6.04 Å². The summed E-state index contributed by atoms with van der Waals surface area (Å²) < 4.78 is 0.997. The molecule has 0 aliphatic carbocycles. The lowest BCUT2D eigenvalue weighted by molar-refractivity contribution is -0.139. The molecule has 3 amide bonds. The van der Waals surface area contributed by atoms with E-state index in [1.165, 1.54) is 5.56 Å². The van der Waals surface area contributed by atoms with Crippen molar-refractivity contribution in [2.45, 2.75) is 25.8 Å². The fraction of sp³-hybridized carbons (Fsp3) is 0.333. The topological polar surface area (TPSA) is 52.7 Å². The molecule has 1 N–H and O–H groups in total. The minimum Gasteiger partial charge on any atom is -0.332 e. The Morgan fingerprint density at radius 2 is 1.89 bits per heavy atom. The van der Waals surface area contributed by atoms with Gasteiger partial charge in [-0.2, -0.15) is 0 Å². The monoisotopic (exact) mass is 427 g/mol. The molecule has 140 valence electrons. The Morgan fingerprint density at radius 3 is 2.63 bits per heavy atom. The zero-order valence-electron chi connectivity index (χ0n) is 15.4. The molecule has 6 heteroatoms. The van der Waals surface area contributed by atoms with Gasteiger partial charge in [0.25, 0.3) is 0 Å². The first-order valence-corrected chi connectivity index (χ1v) is 9.93. The van der Waals surface area contributed by atoms with Gasteiger partial charge >= 0.3 is 6.03 Å². The van der Waals surface area contributed by atoms with Crippen molar-refractivity contribution in [3.8, 4) is 0 Å². The maximum atomic E-state index is 12.8. The lowest BCUT2D eigenvalue weighted by Crippen LogP contribution is -2.56. The molecule has 0 spiro atoms. The number of anilines is 1. The number of halogens is 1. The van der Waals surface area contributed by atoms with E-state index in [-0.39, 0.29) is 24.5 Å². The van der Waals surface area contributed by atoms with Crippen LogP contribution in [-0.4, -0.2) is 41.4 Å². The molecular formula is C21H22BrN3O2. The first-order chi connectivity index (χ1) is 12.9. The third-order valence-corrected chi connectivity index (χ3v) is 6.36. The van der Waals surface area contributed by atoms with Gasteiger partial charge in [-0.25, -0.2) is 4.79 Å². The van der Waals surface area contributed by atoms with Crippen LogP contribution in [0, 0.1) is 6.92 Å². The second kappa shape index (κ2) is 7.00. The third-order valence-electron chi connectivity index (χ3n) is 5.47. The van der Waals surface area contributed by atoms with Crippen LogP contribution in [0.3, 0.4) is 0 Å². The zero-order chi connectivity index (χ0) is 19.1. The first kappa shape index (κ1) is 18.0. The van der Waals surface area contributed by atoms with E-state index in [9.17, 15) is 9.59 Å². The van der Waals surface area contributed by atoms with Crippen LogP contribution in [-0.2, 0) is 4.79 Å². The number of carbonyl (C=O) groups excluding carboxylic acids is 2. The highest BCUT2D eigenvalue weighted by Gasteiger charge is 2.40. The predicted molar refractivity (Wildman–Crippen MR) is 109 cm³/mol. The average molecular weight is 428 g/mol. The SMILES string of the molecule is Cc1cc(NC(=O)N2CC(=O)N3CC(C)c4ccccc4C3C2)ccc1Br. The van der Waals surface area contributed by atoms with Crippen molar-refractivity contribution in [3.63, 3.8) is 0 Å². The minimum absolute atomic E-state index is 0.00902. The van der Waals surface area contributed by atoms with Gasteiger partial charge in [0.1, 0.15) is 6.54 Å². The molecule has 2 atom stereocenters. The van der Waals surface area contributed by atoms with Gasteiger partial charge in [-0.15, -0.1) is 0 Å².